The van der Waals surface area contributed by atoms with Crippen molar-refractivity contribution in [2.24, 2.45) is 0 Å². The Labute approximate surface area is 162 Å². The highest BCUT2D eigenvalue weighted by Gasteiger charge is 2.19. The average molecular weight is 385 g/mol. The molecule has 0 bridgehead atoms. The molecule has 2 aromatic rings. The summed E-state index contributed by atoms with van der Waals surface area (Å²) in [5.74, 6) is -0.706. The van der Waals surface area contributed by atoms with Gasteiger partial charge in [0.15, 0.2) is 12.4 Å². The first kappa shape index (κ1) is 19.3. The van der Waals surface area contributed by atoms with Gasteiger partial charge in [-0.2, -0.15) is 0 Å². The summed E-state index contributed by atoms with van der Waals surface area (Å²) in [6.45, 7) is 1.78. The van der Waals surface area contributed by atoms with Gasteiger partial charge >= 0.3 is 5.97 Å². The van der Waals surface area contributed by atoms with E-state index in [1.807, 2.05) is 18.2 Å². The summed E-state index contributed by atoms with van der Waals surface area (Å²) in [5, 5.41) is 2.74. The highest BCUT2D eigenvalue weighted by atomic mass is 32.1. The van der Waals surface area contributed by atoms with Gasteiger partial charge < -0.3 is 10.1 Å². The van der Waals surface area contributed by atoms with Gasteiger partial charge in [0.05, 0.1) is 0 Å². The number of aryl methyl sites for hydroxylation is 2. The lowest BCUT2D eigenvalue weighted by molar-refractivity contribution is -0.118. The molecule has 1 aromatic carbocycles. The topological polar surface area (TPSA) is 72.5 Å². The van der Waals surface area contributed by atoms with Crippen molar-refractivity contribution in [1.82, 2.24) is 5.32 Å². The Hall–Kier alpha value is -2.47. The van der Waals surface area contributed by atoms with Gasteiger partial charge in [0, 0.05) is 23.9 Å². The molecule has 0 aliphatic heterocycles. The second-order valence-electron chi connectivity index (χ2n) is 6.70. The number of nitrogens with one attached hydrogen (secondary N) is 1. The molecule has 1 heterocycles. The Morgan fingerprint density at radius 2 is 1.85 bits per heavy atom. The SMILES string of the molecule is CC(=O)NCCc1ccc(C(=O)COC(=O)c2cc3c(s2)CCCC3)cc1. The summed E-state index contributed by atoms with van der Waals surface area (Å²) in [4.78, 5) is 37.2. The number of ether oxygens (including phenoxy) is 1. The fraction of sp³-hybridized carbons (Fsp3) is 0.381. The van der Waals surface area contributed by atoms with Crippen LogP contribution in [-0.2, 0) is 28.8 Å². The number of esters is 1. The van der Waals surface area contributed by atoms with E-state index in [0.717, 1.165) is 24.8 Å². The molecule has 0 spiro atoms. The average Bonchev–Trinajstić information content (AvgIpc) is 3.10. The lowest BCUT2D eigenvalue weighted by atomic mass is 9.99. The number of benzene rings is 1. The molecule has 0 atom stereocenters. The van der Waals surface area contributed by atoms with Crippen LogP contribution in [0.5, 0.6) is 0 Å². The summed E-state index contributed by atoms with van der Waals surface area (Å²) in [7, 11) is 0. The van der Waals surface area contributed by atoms with Gasteiger partial charge in [-0.3, -0.25) is 9.59 Å². The molecule has 27 heavy (non-hydrogen) atoms. The maximum atomic E-state index is 12.3. The van der Waals surface area contributed by atoms with Crippen molar-refractivity contribution in [3.05, 3.63) is 56.8 Å². The van der Waals surface area contributed by atoms with E-state index in [1.165, 1.54) is 35.1 Å². The number of amides is 1. The van der Waals surface area contributed by atoms with E-state index in [9.17, 15) is 14.4 Å². The largest absolute Gasteiger partial charge is 0.453 e. The van der Waals surface area contributed by atoms with Crippen molar-refractivity contribution in [1.29, 1.82) is 0 Å². The summed E-state index contributed by atoms with van der Waals surface area (Å²) < 4.78 is 5.22. The minimum Gasteiger partial charge on any atom is -0.453 e. The molecular formula is C21H23NO4S. The van der Waals surface area contributed by atoms with Crippen molar-refractivity contribution in [3.63, 3.8) is 0 Å². The van der Waals surface area contributed by atoms with Crippen LogP contribution in [0.1, 0.15) is 55.8 Å². The Balaban J connectivity index is 1.50. The molecule has 0 fully saturated rings. The van der Waals surface area contributed by atoms with E-state index in [0.29, 0.717) is 23.4 Å². The maximum Gasteiger partial charge on any atom is 0.348 e. The number of hydrogen-bond donors (Lipinski definition) is 1. The Morgan fingerprint density at radius 3 is 2.56 bits per heavy atom. The van der Waals surface area contributed by atoms with E-state index < -0.39 is 5.97 Å². The molecule has 5 nitrogen and oxygen atoms in total. The molecule has 1 aliphatic rings. The van der Waals surface area contributed by atoms with Crippen LogP contribution in [0.4, 0.5) is 0 Å². The number of fused-ring (bicyclic) bond motifs is 1. The summed E-state index contributed by atoms with van der Waals surface area (Å²) in [5.41, 5.74) is 2.79. The van der Waals surface area contributed by atoms with Crippen molar-refractivity contribution in [2.45, 2.75) is 39.0 Å². The van der Waals surface area contributed by atoms with E-state index in [2.05, 4.69) is 5.32 Å². The second-order valence-corrected chi connectivity index (χ2v) is 7.83. The third-order valence-corrected chi connectivity index (χ3v) is 5.81. The number of hydrogen-bond acceptors (Lipinski definition) is 5. The standard InChI is InChI=1S/C21H23NO4S/c1-14(23)22-11-10-15-6-8-16(9-7-15)18(24)13-26-21(25)20-12-17-4-2-3-5-19(17)27-20/h6-9,12H,2-5,10-11,13H2,1H3,(H,22,23). The van der Waals surface area contributed by atoms with Crippen LogP contribution in [0.15, 0.2) is 30.3 Å². The number of Topliss-reactive ketones (excluding diaryl/α,β-unsaturated/α-hetero) is 1. The summed E-state index contributed by atoms with van der Waals surface area (Å²) in [6.07, 6.45) is 5.08. The molecule has 0 saturated heterocycles. The third kappa shape index (κ3) is 5.26. The zero-order chi connectivity index (χ0) is 19.2. The smallest absolute Gasteiger partial charge is 0.348 e. The van der Waals surface area contributed by atoms with Crippen molar-refractivity contribution >= 4 is 29.0 Å². The van der Waals surface area contributed by atoms with Gasteiger partial charge in [-0.25, -0.2) is 4.79 Å². The van der Waals surface area contributed by atoms with Crippen LogP contribution in [0, 0.1) is 0 Å². The number of ketones is 1. The molecule has 1 aliphatic carbocycles. The predicted octanol–water partition coefficient (Wildman–Crippen LogP) is 3.35. The lowest BCUT2D eigenvalue weighted by Crippen LogP contribution is -2.22. The van der Waals surface area contributed by atoms with Gasteiger partial charge in [0.25, 0.3) is 0 Å². The number of carbonyl (C=O) groups is 3. The van der Waals surface area contributed by atoms with Crippen molar-refractivity contribution in [3.8, 4) is 0 Å². The van der Waals surface area contributed by atoms with E-state index in [4.69, 9.17) is 4.74 Å². The fourth-order valence-corrected chi connectivity index (χ4v) is 4.26. The van der Waals surface area contributed by atoms with Crippen LogP contribution >= 0.6 is 11.3 Å². The second kappa shape index (κ2) is 8.95. The Kier molecular flexibility index (Phi) is 6.40. The molecule has 1 amide bonds. The predicted molar refractivity (Wildman–Crippen MR) is 104 cm³/mol. The zero-order valence-corrected chi connectivity index (χ0v) is 16.2. The highest BCUT2D eigenvalue weighted by molar-refractivity contribution is 7.14. The first-order valence-corrected chi connectivity index (χ1v) is 10.00. The quantitative estimate of drug-likeness (QED) is 0.586. The first-order chi connectivity index (χ1) is 13.0. The van der Waals surface area contributed by atoms with Crippen LogP contribution in [0.3, 0.4) is 0 Å². The highest BCUT2D eigenvalue weighted by Crippen LogP contribution is 2.30. The normalized spacial score (nSPS) is 12.9. The van der Waals surface area contributed by atoms with Gasteiger partial charge in [0.1, 0.15) is 4.88 Å². The molecule has 6 heteroatoms. The molecule has 0 saturated carbocycles. The van der Waals surface area contributed by atoms with Crippen molar-refractivity contribution < 1.29 is 19.1 Å². The van der Waals surface area contributed by atoms with Crippen LogP contribution in [-0.4, -0.2) is 30.8 Å². The molecule has 3 rings (SSSR count). The maximum absolute atomic E-state index is 12.3. The zero-order valence-electron chi connectivity index (χ0n) is 15.4. The molecule has 0 unspecified atom stereocenters. The van der Waals surface area contributed by atoms with E-state index in [-0.39, 0.29) is 18.3 Å². The Morgan fingerprint density at radius 1 is 1.11 bits per heavy atom. The third-order valence-electron chi connectivity index (χ3n) is 4.60. The molecule has 142 valence electrons. The van der Waals surface area contributed by atoms with Crippen LogP contribution in [0.2, 0.25) is 0 Å². The minimum absolute atomic E-state index is 0.0600. The van der Waals surface area contributed by atoms with Crippen LogP contribution in [0.25, 0.3) is 0 Å². The minimum atomic E-state index is -0.422. The van der Waals surface area contributed by atoms with E-state index >= 15 is 0 Å². The monoisotopic (exact) mass is 385 g/mol. The van der Waals surface area contributed by atoms with Gasteiger partial charge in [-0.15, -0.1) is 11.3 Å². The fourth-order valence-electron chi connectivity index (χ4n) is 3.12. The number of carbonyl (C=O) groups excluding carboxylic acids is 3. The Bertz CT molecular complexity index is 815. The summed E-state index contributed by atoms with van der Waals surface area (Å²) in [6, 6.07) is 9.07. The summed E-state index contributed by atoms with van der Waals surface area (Å²) >= 11 is 1.49. The first-order valence-electron chi connectivity index (χ1n) is 9.18. The van der Waals surface area contributed by atoms with Gasteiger partial charge in [-0.05, 0) is 49.3 Å². The molecule has 1 aromatic heterocycles. The van der Waals surface area contributed by atoms with E-state index in [1.54, 1.807) is 12.1 Å². The van der Waals surface area contributed by atoms with Crippen molar-refractivity contribution in [2.75, 3.05) is 13.2 Å². The van der Waals surface area contributed by atoms with Gasteiger partial charge in [0.2, 0.25) is 5.91 Å². The molecule has 0 radical (unpaired) electrons. The molecular weight excluding hydrogens is 362 g/mol. The van der Waals surface area contributed by atoms with Gasteiger partial charge in [-0.1, -0.05) is 24.3 Å². The number of thiophene rings is 1. The number of rotatable bonds is 7. The van der Waals surface area contributed by atoms with Crippen LogP contribution < -0.4 is 5.32 Å². The lowest BCUT2D eigenvalue weighted by Gasteiger charge is -2.08. The molecule has 1 N–H and O–H groups in total.